The van der Waals surface area contributed by atoms with E-state index in [-0.39, 0.29) is 5.69 Å². The fourth-order valence-corrected chi connectivity index (χ4v) is 3.49. The number of hydrogen-bond donors (Lipinski definition) is 0. The molecule has 0 aliphatic carbocycles. The Kier molecular flexibility index (Phi) is 9.22. The van der Waals surface area contributed by atoms with Gasteiger partial charge in [0.05, 0.1) is 56.1 Å². The molecular weight excluding hydrogens is 338 g/mol. The molecule has 5 heteroatoms. The van der Waals surface area contributed by atoms with Crippen LogP contribution in [0.2, 0.25) is 0 Å². The summed E-state index contributed by atoms with van der Waals surface area (Å²) in [7, 11) is 0. The largest absolute Gasteiger partial charge is 0.543 e. The van der Waals surface area contributed by atoms with Crippen LogP contribution in [-0.2, 0) is 12.8 Å². The summed E-state index contributed by atoms with van der Waals surface area (Å²) in [4.78, 5) is 15.0. The Hall–Kier alpha value is -2.14. The standard InChI is InChI=1S/C14H16N2O2.C8H20N/c1-3-10-6-5-7-11(4-2)13(10)16-9-15-8-12(16)14(17)18;1-5-9(6-2,7-3)8-4/h5-9H,3-4H2,1-2H3,(H,17,18);5-8H2,1-4H3/q;+1/p-1. The molecule has 5 nitrogen and oxygen atoms in total. The molecule has 0 aliphatic heterocycles. The van der Waals surface area contributed by atoms with Gasteiger partial charge in [0, 0.05) is 0 Å². The van der Waals surface area contributed by atoms with Crippen molar-refractivity contribution < 1.29 is 14.4 Å². The fourth-order valence-electron chi connectivity index (χ4n) is 3.49. The molecule has 1 aromatic heterocycles. The van der Waals surface area contributed by atoms with Crippen molar-refractivity contribution in [1.29, 1.82) is 0 Å². The number of carbonyl (C=O) groups excluding carboxylic acids is 1. The molecule has 0 saturated heterocycles. The Balaban J connectivity index is 0.000000345. The number of para-hydroxylation sites is 1. The predicted molar refractivity (Wildman–Crippen MR) is 109 cm³/mol. The highest BCUT2D eigenvalue weighted by Crippen LogP contribution is 2.22. The van der Waals surface area contributed by atoms with Gasteiger partial charge in [0.15, 0.2) is 0 Å². The van der Waals surface area contributed by atoms with Gasteiger partial charge < -0.3 is 14.4 Å². The van der Waals surface area contributed by atoms with E-state index in [9.17, 15) is 9.90 Å². The molecule has 0 N–H and O–H groups in total. The molecule has 0 aliphatic rings. The number of carboxylic acids is 1. The first kappa shape index (κ1) is 22.9. The molecule has 150 valence electrons. The Morgan fingerprint density at radius 1 is 0.963 bits per heavy atom. The van der Waals surface area contributed by atoms with Crippen LogP contribution in [0.4, 0.5) is 0 Å². The molecule has 0 amide bonds. The second-order valence-corrected chi connectivity index (χ2v) is 6.67. The van der Waals surface area contributed by atoms with Crippen molar-refractivity contribution in [2.24, 2.45) is 0 Å². The molecule has 0 fully saturated rings. The number of carboxylic acid groups (broad SMARTS) is 1. The van der Waals surface area contributed by atoms with Gasteiger partial charge >= 0.3 is 0 Å². The maximum atomic E-state index is 11.1. The first-order valence-corrected chi connectivity index (χ1v) is 10.1. The third kappa shape index (κ3) is 5.42. The summed E-state index contributed by atoms with van der Waals surface area (Å²) in [5, 5.41) is 11.1. The first-order valence-electron chi connectivity index (χ1n) is 10.1. The number of aromatic carboxylic acids is 1. The van der Waals surface area contributed by atoms with Crippen LogP contribution >= 0.6 is 0 Å². The minimum absolute atomic E-state index is 0.0885. The lowest BCUT2D eigenvalue weighted by atomic mass is 10.0. The van der Waals surface area contributed by atoms with Gasteiger partial charge in [0.25, 0.3) is 0 Å². The zero-order valence-electron chi connectivity index (χ0n) is 17.8. The zero-order chi connectivity index (χ0) is 20.4. The summed E-state index contributed by atoms with van der Waals surface area (Å²) in [6.07, 6.45) is 4.53. The molecule has 1 heterocycles. The van der Waals surface area contributed by atoms with Gasteiger partial charge in [-0.3, -0.25) is 4.57 Å². The van der Waals surface area contributed by atoms with Gasteiger partial charge in [-0.2, -0.15) is 0 Å². The van der Waals surface area contributed by atoms with Crippen LogP contribution < -0.4 is 5.11 Å². The van der Waals surface area contributed by atoms with Gasteiger partial charge in [0.1, 0.15) is 0 Å². The van der Waals surface area contributed by atoms with Gasteiger partial charge in [-0.05, 0) is 51.7 Å². The highest BCUT2D eigenvalue weighted by molar-refractivity contribution is 5.84. The predicted octanol–water partition coefficient (Wildman–Crippen LogP) is 3.24. The van der Waals surface area contributed by atoms with Crippen molar-refractivity contribution in [3.63, 3.8) is 0 Å². The SMILES string of the molecule is CC[N+](CC)(CC)CC.CCc1cccc(CC)c1-n1cncc1C(=O)[O-]. The van der Waals surface area contributed by atoms with E-state index in [0.717, 1.165) is 29.7 Å². The van der Waals surface area contributed by atoms with Gasteiger partial charge in [-0.25, -0.2) is 4.98 Å². The number of carbonyl (C=O) groups is 1. The second-order valence-electron chi connectivity index (χ2n) is 6.67. The molecule has 0 unspecified atom stereocenters. The van der Waals surface area contributed by atoms with Crippen molar-refractivity contribution in [1.82, 2.24) is 9.55 Å². The summed E-state index contributed by atoms with van der Waals surface area (Å²) in [6, 6.07) is 6.01. The lowest BCUT2D eigenvalue weighted by molar-refractivity contribution is -0.921. The van der Waals surface area contributed by atoms with Crippen molar-refractivity contribution in [2.45, 2.75) is 54.4 Å². The number of imidazole rings is 1. The molecule has 2 rings (SSSR count). The van der Waals surface area contributed by atoms with E-state index in [1.807, 2.05) is 32.0 Å². The Morgan fingerprint density at radius 2 is 1.44 bits per heavy atom. The Morgan fingerprint density at radius 3 is 1.78 bits per heavy atom. The average molecular weight is 374 g/mol. The number of quaternary nitrogens is 1. The summed E-state index contributed by atoms with van der Waals surface area (Å²) in [5.41, 5.74) is 3.22. The Bertz CT molecular complexity index is 678. The molecule has 2 aromatic rings. The molecule has 0 atom stereocenters. The highest BCUT2D eigenvalue weighted by Gasteiger charge is 2.16. The van der Waals surface area contributed by atoms with E-state index in [1.54, 1.807) is 4.57 Å². The molecule has 1 aromatic carbocycles. The van der Waals surface area contributed by atoms with Crippen molar-refractivity contribution in [3.8, 4) is 5.69 Å². The van der Waals surface area contributed by atoms with E-state index < -0.39 is 5.97 Å². The molecule has 0 spiro atoms. The zero-order valence-corrected chi connectivity index (χ0v) is 17.8. The molecule has 0 radical (unpaired) electrons. The monoisotopic (exact) mass is 373 g/mol. The third-order valence-electron chi connectivity index (χ3n) is 5.74. The lowest BCUT2D eigenvalue weighted by Gasteiger charge is -2.34. The summed E-state index contributed by atoms with van der Waals surface area (Å²) in [6.45, 7) is 18.3. The fraction of sp³-hybridized carbons (Fsp3) is 0.545. The maximum absolute atomic E-state index is 11.1. The normalized spacial score (nSPS) is 11.0. The van der Waals surface area contributed by atoms with E-state index in [2.05, 4.69) is 32.7 Å². The quantitative estimate of drug-likeness (QED) is 0.668. The van der Waals surface area contributed by atoms with Crippen molar-refractivity contribution in [2.75, 3.05) is 26.2 Å². The minimum atomic E-state index is -1.21. The van der Waals surface area contributed by atoms with E-state index in [1.165, 1.54) is 43.2 Å². The van der Waals surface area contributed by atoms with Crippen LogP contribution in [0, 0.1) is 0 Å². The van der Waals surface area contributed by atoms with Crippen LogP contribution in [0.15, 0.2) is 30.7 Å². The van der Waals surface area contributed by atoms with E-state index in [4.69, 9.17) is 0 Å². The number of aromatic nitrogens is 2. The van der Waals surface area contributed by atoms with E-state index in [0.29, 0.717) is 0 Å². The van der Waals surface area contributed by atoms with Crippen molar-refractivity contribution >= 4 is 5.97 Å². The number of benzene rings is 1. The Labute approximate surface area is 164 Å². The van der Waals surface area contributed by atoms with Crippen LogP contribution in [0.5, 0.6) is 0 Å². The van der Waals surface area contributed by atoms with Gasteiger partial charge in [-0.15, -0.1) is 0 Å². The number of rotatable bonds is 8. The smallest absolute Gasteiger partial charge is 0.0997 e. The van der Waals surface area contributed by atoms with Gasteiger partial charge in [-0.1, -0.05) is 32.0 Å². The summed E-state index contributed by atoms with van der Waals surface area (Å²) < 4.78 is 2.88. The number of aryl methyl sites for hydroxylation is 2. The van der Waals surface area contributed by atoms with Crippen LogP contribution in [0.1, 0.15) is 63.2 Å². The average Bonchev–Trinajstić information content (AvgIpc) is 3.19. The molecule has 0 saturated carbocycles. The maximum Gasteiger partial charge on any atom is 0.0997 e. The molecule has 0 bridgehead atoms. The number of nitrogens with zero attached hydrogens (tertiary/aromatic N) is 3. The number of hydrogen-bond acceptors (Lipinski definition) is 3. The third-order valence-corrected chi connectivity index (χ3v) is 5.74. The highest BCUT2D eigenvalue weighted by atomic mass is 16.4. The molecular formula is C22H35N3O2. The van der Waals surface area contributed by atoms with Crippen LogP contribution in [-0.4, -0.2) is 46.2 Å². The summed E-state index contributed by atoms with van der Waals surface area (Å²) in [5.74, 6) is -1.21. The first-order chi connectivity index (χ1) is 12.9. The molecule has 27 heavy (non-hydrogen) atoms. The lowest BCUT2D eigenvalue weighted by Crippen LogP contribution is -2.47. The van der Waals surface area contributed by atoms with Crippen molar-refractivity contribution in [3.05, 3.63) is 47.5 Å². The van der Waals surface area contributed by atoms with E-state index >= 15 is 0 Å². The van der Waals surface area contributed by atoms with Gasteiger partial charge in [0.2, 0.25) is 0 Å². The topological polar surface area (TPSA) is 58.0 Å². The van der Waals surface area contributed by atoms with Crippen LogP contribution in [0.25, 0.3) is 5.69 Å². The van der Waals surface area contributed by atoms with Crippen LogP contribution in [0.3, 0.4) is 0 Å². The minimum Gasteiger partial charge on any atom is -0.543 e. The second kappa shape index (κ2) is 10.9. The summed E-state index contributed by atoms with van der Waals surface area (Å²) >= 11 is 0.